The Morgan fingerprint density at radius 1 is 0.824 bits per heavy atom. The third-order valence-electron chi connectivity index (χ3n) is 9.97. The highest BCUT2D eigenvalue weighted by Gasteiger charge is 2.51. The largest absolute Gasteiger partial charge is 0.220 e. The van der Waals surface area contributed by atoms with Crippen LogP contribution in [0.1, 0.15) is 87.2 Å². The van der Waals surface area contributed by atoms with Crippen LogP contribution >= 0.6 is 0 Å². The van der Waals surface area contributed by atoms with Gasteiger partial charge in [0.2, 0.25) is 5.69 Å². The van der Waals surface area contributed by atoms with Crippen LogP contribution in [0.3, 0.4) is 0 Å². The number of hydrogen-bond donors (Lipinski definition) is 0. The minimum absolute atomic E-state index is 0.136. The van der Waals surface area contributed by atoms with Crippen LogP contribution in [0.4, 0.5) is 0 Å². The third kappa shape index (κ3) is 3.37. The number of fused-ring (bicyclic) bond motifs is 1. The fourth-order valence-corrected chi connectivity index (χ4v) is 8.23. The Morgan fingerprint density at radius 2 is 1.44 bits per heavy atom. The van der Waals surface area contributed by atoms with Crippen molar-refractivity contribution in [1.82, 2.24) is 0 Å². The van der Waals surface area contributed by atoms with Crippen LogP contribution in [0, 0.1) is 38.5 Å². The van der Waals surface area contributed by atoms with Gasteiger partial charge in [0.25, 0.3) is 0 Å². The summed E-state index contributed by atoms with van der Waals surface area (Å²) in [7, 11) is 2.25. The molecule has 4 bridgehead atoms. The number of aromatic nitrogens is 1. The number of nitrogens with zero attached hydrogens (tertiary/aromatic N) is 1. The van der Waals surface area contributed by atoms with E-state index in [1.807, 2.05) is 0 Å². The normalized spacial score (nSPS) is 28.1. The maximum atomic E-state index is 2.59. The fraction of sp³-hybridized carbons (Fsp3) is 0.545. The molecule has 0 aliphatic heterocycles. The first-order valence-corrected chi connectivity index (χ1v) is 13.6. The summed E-state index contributed by atoms with van der Waals surface area (Å²) < 4.78 is 2.42. The van der Waals surface area contributed by atoms with Crippen LogP contribution in [0.5, 0.6) is 0 Å². The number of aryl methyl sites for hydroxylation is 2. The van der Waals surface area contributed by atoms with Crippen LogP contribution in [-0.2, 0) is 17.9 Å². The number of benzene rings is 2. The summed E-state index contributed by atoms with van der Waals surface area (Å²) in [6, 6.07) is 14.9. The predicted molar refractivity (Wildman–Crippen MR) is 143 cm³/mol. The van der Waals surface area contributed by atoms with E-state index in [-0.39, 0.29) is 5.41 Å². The van der Waals surface area contributed by atoms with E-state index in [0.29, 0.717) is 5.41 Å². The maximum Gasteiger partial charge on any atom is 0.220 e. The molecule has 1 aromatic heterocycles. The van der Waals surface area contributed by atoms with Crippen molar-refractivity contribution in [3.63, 3.8) is 0 Å². The summed E-state index contributed by atoms with van der Waals surface area (Å²) in [4.78, 5) is 0. The van der Waals surface area contributed by atoms with E-state index in [4.69, 9.17) is 0 Å². The second kappa shape index (κ2) is 7.42. The Hall–Kier alpha value is -2.15. The summed E-state index contributed by atoms with van der Waals surface area (Å²) in [5.74, 6) is 2.95. The van der Waals surface area contributed by atoms with Crippen molar-refractivity contribution >= 4 is 10.8 Å². The number of hydrogen-bond acceptors (Lipinski definition) is 0. The lowest BCUT2D eigenvalue weighted by Crippen LogP contribution is -2.48. The van der Waals surface area contributed by atoms with Gasteiger partial charge in [-0.2, -0.15) is 4.57 Å². The lowest BCUT2D eigenvalue weighted by molar-refractivity contribution is -0.665. The molecule has 4 fully saturated rings. The van der Waals surface area contributed by atoms with Gasteiger partial charge in [0.15, 0.2) is 5.69 Å². The Bertz CT molecular complexity index is 1270. The quantitative estimate of drug-likeness (QED) is 0.347. The van der Waals surface area contributed by atoms with Gasteiger partial charge < -0.3 is 0 Å². The zero-order valence-corrected chi connectivity index (χ0v) is 22.4. The van der Waals surface area contributed by atoms with Crippen LogP contribution in [0.15, 0.2) is 36.4 Å². The SMILES string of the molecule is Cc1cc(C(C)(C)C)cc(-c2c3ccc(C45CC6CC(CC(C6)C4)C5)cc3cc(C)[n+]2C)c1C. The summed E-state index contributed by atoms with van der Waals surface area (Å²) in [6.45, 7) is 13.8. The molecular weight excluding hydrogens is 410 g/mol. The molecule has 0 saturated heterocycles. The van der Waals surface area contributed by atoms with Crippen LogP contribution in [0.25, 0.3) is 22.0 Å². The molecule has 0 N–H and O–H groups in total. The Kier molecular flexibility index (Phi) is 4.87. The van der Waals surface area contributed by atoms with E-state index in [1.54, 1.807) is 5.56 Å². The highest BCUT2D eigenvalue weighted by atomic mass is 14.9. The molecule has 0 amide bonds. The van der Waals surface area contributed by atoms with Gasteiger partial charge in [-0.05, 0) is 121 Å². The van der Waals surface area contributed by atoms with Crippen molar-refractivity contribution < 1.29 is 4.57 Å². The summed E-state index contributed by atoms with van der Waals surface area (Å²) >= 11 is 0. The van der Waals surface area contributed by atoms with Gasteiger partial charge in [-0.1, -0.05) is 39.0 Å². The molecule has 3 aromatic rings. The average Bonchev–Trinajstić information content (AvgIpc) is 2.75. The lowest BCUT2D eigenvalue weighted by Gasteiger charge is -2.57. The minimum atomic E-state index is 0.136. The van der Waals surface area contributed by atoms with Gasteiger partial charge in [0, 0.05) is 13.0 Å². The standard InChI is InChI=1S/C33H42N/c1-20-10-28(32(4,5)6)16-30(22(20)3)31-29-9-8-27(15-26(29)11-21(2)34(31)7)33-17-23-12-24(18-33)14-25(13-23)19-33/h8-11,15-16,23-25H,12-14,17-19H2,1-7H3/q+1. The lowest BCUT2D eigenvalue weighted by atomic mass is 9.48. The first kappa shape index (κ1) is 22.3. The van der Waals surface area contributed by atoms with Gasteiger partial charge in [0.1, 0.15) is 7.05 Å². The van der Waals surface area contributed by atoms with E-state index in [0.717, 1.165) is 17.8 Å². The van der Waals surface area contributed by atoms with E-state index >= 15 is 0 Å². The second-order valence-electron chi connectivity index (χ2n) is 13.4. The van der Waals surface area contributed by atoms with Gasteiger partial charge in [-0.25, -0.2) is 0 Å². The molecule has 4 saturated carbocycles. The number of rotatable bonds is 2. The van der Waals surface area contributed by atoms with Crippen molar-refractivity contribution in [1.29, 1.82) is 0 Å². The van der Waals surface area contributed by atoms with E-state index in [9.17, 15) is 0 Å². The molecule has 4 aliphatic carbocycles. The van der Waals surface area contributed by atoms with E-state index in [2.05, 4.69) is 89.6 Å². The minimum Gasteiger partial charge on any atom is -0.198 e. The molecule has 7 rings (SSSR count). The maximum absolute atomic E-state index is 2.59. The molecule has 1 nitrogen and oxygen atoms in total. The van der Waals surface area contributed by atoms with Crippen LogP contribution in [-0.4, -0.2) is 0 Å². The molecule has 1 heterocycles. The third-order valence-corrected chi connectivity index (χ3v) is 9.97. The molecular formula is C33H42N+. The highest BCUT2D eigenvalue weighted by molar-refractivity contribution is 5.94. The molecule has 4 aliphatic rings. The summed E-state index contributed by atoms with van der Waals surface area (Å²) in [5.41, 5.74) is 10.5. The van der Waals surface area contributed by atoms with Crippen molar-refractivity contribution in [2.24, 2.45) is 24.8 Å². The van der Waals surface area contributed by atoms with E-state index < -0.39 is 0 Å². The summed E-state index contributed by atoms with van der Waals surface area (Å²) in [6.07, 6.45) is 8.83. The van der Waals surface area contributed by atoms with E-state index in [1.165, 1.54) is 82.9 Å². The highest BCUT2D eigenvalue weighted by Crippen LogP contribution is 2.61. The van der Waals surface area contributed by atoms with Crippen LogP contribution in [0.2, 0.25) is 0 Å². The van der Waals surface area contributed by atoms with Crippen molar-refractivity contribution in [2.75, 3.05) is 0 Å². The molecule has 34 heavy (non-hydrogen) atoms. The summed E-state index contributed by atoms with van der Waals surface area (Å²) in [5, 5.41) is 2.83. The molecule has 0 radical (unpaired) electrons. The molecule has 1 heteroatoms. The van der Waals surface area contributed by atoms with Gasteiger partial charge in [0.05, 0.1) is 10.9 Å². The van der Waals surface area contributed by atoms with Crippen molar-refractivity contribution in [3.8, 4) is 11.3 Å². The predicted octanol–water partition coefficient (Wildman–Crippen LogP) is 8.02. The average molecular weight is 453 g/mol. The zero-order chi connectivity index (χ0) is 24.0. The Balaban J connectivity index is 1.54. The first-order chi connectivity index (χ1) is 16.0. The van der Waals surface area contributed by atoms with Gasteiger partial charge in [-0.15, -0.1) is 0 Å². The molecule has 178 valence electrons. The van der Waals surface area contributed by atoms with Crippen LogP contribution < -0.4 is 4.57 Å². The van der Waals surface area contributed by atoms with Crippen molar-refractivity contribution in [2.45, 2.75) is 90.9 Å². The zero-order valence-electron chi connectivity index (χ0n) is 22.4. The second-order valence-corrected chi connectivity index (χ2v) is 13.4. The molecule has 0 spiro atoms. The number of pyridine rings is 1. The fourth-order valence-electron chi connectivity index (χ4n) is 8.23. The Morgan fingerprint density at radius 3 is 2.03 bits per heavy atom. The van der Waals surface area contributed by atoms with Gasteiger partial charge >= 0.3 is 0 Å². The Labute approximate surface area is 206 Å². The van der Waals surface area contributed by atoms with Crippen molar-refractivity contribution in [3.05, 3.63) is 64.3 Å². The molecule has 2 aromatic carbocycles. The van der Waals surface area contributed by atoms with Gasteiger partial charge in [-0.3, -0.25) is 0 Å². The smallest absolute Gasteiger partial charge is 0.198 e. The first-order valence-electron chi connectivity index (χ1n) is 13.6. The molecule has 0 atom stereocenters. The molecule has 0 unspecified atom stereocenters. The topological polar surface area (TPSA) is 3.88 Å². The monoisotopic (exact) mass is 452 g/mol.